The van der Waals surface area contributed by atoms with Crippen molar-refractivity contribution < 1.29 is 14.3 Å². The number of carbonyl (C=O) groups is 2. The smallest absolute Gasteiger partial charge is 0.288 e. The quantitative estimate of drug-likeness (QED) is 0.710. The number of amides is 2. The second-order valence-corrected chi connectivity index (χ2v) is 5.91. The minimum Gasteiger partial charge on any atom is -0.481 e. The predicted octanol–water partition coefficient (Wildman–Crippen LogP) is 2.77. The fraction of sp³-hybridized carbons (Fsp3) is 0.150. The van der Waals surface area contributed by atoms with Crippen LogP contribution in [0.1, 0.15) is 23.0 Å². The van der Waals surface area contributed by atoms with Crippen molar-refractivity contribution in [2.45, 2.75) is 20.0 Å². The lowest BCUT2D eigenvalue weighted by Crippen LogP contribution is -2.47. The molecule has 0 radical (unpaired) electrons. The third-order valence-electron chi connectivity index (χ3n) is 3.80. The molecule has 0 fully saturated rings. The van der Waals surface area contributed by atoms with Gasteiger partial charge in [-0.1, -0.05) is 36.4 Å². The summed E-state index contributed by atoms with van der Waals surface area (Å²) in [6.07, 6.45) is -0.762. The number of benzene rings is 2. The second kappa shape index (κ2) is 7.65. The third-order valence-corrected chi connectivity index (χ3v) is 3.80. The van der Waals surface area contributed by atoms with Gasteiger partial charge in [-0.2, -0.15) is 0 Å². The number of aryl methyl sites for hydroxylation is 1. The van der Waals surface area contributed by atoms with Crippen molar-refractivity contribution in [3.8, 4) is 5.75 Å². The number of ether oxygens (including phenoxy) is 1. The van der Waals surface area contributed by atoms with Gasteiger partial charge in [-0.15, -0.1) is 0 Å². The Morgan fingerprint density at radius 3 is 2.62 bits per heavy atom. The molecule has 1 unspecified atom stereocenters. The van der Waals surface area contributed by atoms with Crippen LogP contribution in [0.3, 0.4) is 0 Å². The molecule has 2 aromatic carbocycles. The highest BCUT2D eigenvalue weighted by molar-refractivity contribution is 5.96. The van der Waals surface area contributed by atoms with Crippen LogP contribution >= 0.6 is 0 Å². The fourth-order valence-electron chi connectivity index (χ4n) is 2.42. The van der Waals surface area contributed by atoms with Gasteiger partial charge in [0.15, 0.2) is 6.10 Å². The van der Waals surface area contributed by atoms with Crippen molar-refractivity contribution in [3.63, 3.8) is 0 Å². The standard InChI is InChI=1S/C20H19N3O3/c1-13-6-5-8-16(12-13)26-14(2)19(24)22-23-20(25)18-11-10-15-7-3-4-9-17(15)21-18/h3-12,14H,1-2H3,(H,22,24)(H,23,25). The molecule has 1 aromatic heterocycles. The van der Waals surface area contributed by atoms with Gasteiger partial charge in [-0.25, -0.2) is 4.98 Å². The summed E-state index contributed by atoms with van der Waals surface area (Å²) in [6.45, 7) is 3.55. The first kappa shape index (κ1) is 17.4. The van der Waals surface area contributed by atoms with E-state index in [1.807, 2.05) is 55.5 Å². The zero-order valence-corrected chi connectivity index (χ0v) is 14.5. The number of hydrogen-bond donors (Lipinski definition) is 2. The fourth-order valence-corrected chi connectivity index (χ4v) is 2.42. The van der Waals surface area contributed by atoms with Crippen molar-refractivity contribution in [2.75, 3.05) is 0 Å². The number of pyridine rings is 1. The molecule has 0 aliphatic heterocycles. The minimum atomic E-state index is -0.762. The van der Waals surface area contributed by atoms with Crippen molar-refractivity contribution in [3.05, 3.63) is 71.9 Å². The van der Waals surface area contributed by atoms with Gasteiger partial charge in [0, 0.05) is 5.39 Å². The van der Waals surface area contributed by atoms with E-state index in [0.29, 0.717) is 11.3 Å². The maximum atomic E-state index is 12.2. The van der Waals surface area contributed by atoms with E-state index in [2.05, 4.69) is 15.8 Å². The molecule has 3 rings (SSSR count). The van der Waals surface area contributed by atoms with E-state index in [9.17, 15) is 9.59 Å². The molecule has 0 spiro atoms. The number of rotatable bonds is 4. The van der Waals surface area contributed by atoms with Crippen molar-refractivity contribution in [2.24, 2.45) is 0 Å². The highest BCUT2D eigenvalue weighted by Gasteiger charge is 2.16. The Bertz CT molecular complexity index is 956. The van der Waals surface area contributed by atoms with Gasteiger partial charge in [0.25, 0.3) is 11.8 Å². The molecule has 26 heavy (non-hydrogen) atoms. The lowest BCUT2D eigenvalue weighted by molar-refractivity contribution is -0.128. The Labute approximate surface area is 151 Å². The highest BCUT2D eigenvalue weighted by atomic mass is 16.5. The van der Waals surface area contributed by atoms with Gasteiger partial charge in [-0.05, 0) is 43.7 Å². The SMILES string of the molecule is Cc1cccc(OC(C)C(=O)NNC(=O)c2ccc3ccccc3n2)c1. The molecule has 0 saturated heterocycles. The summed E-state index contributed by atoms with van der Waals surface area (Å²) in [6, 6.07) is 18.3. The van der Waals surface area contributed by atoms with Gasteiger partial charge in [0.2, 0.25) is 0 Å². The summed E-state index contributed by atoms with van der Waals surface area (Å²) >= 11 is 0. The molecule has 0 bridgehead atoms. The maximum Gasteiger partial charge on any atom is 0.288 e. The topological polar surface area (TPSA) is 80.3 Å². The Morgan fingerprint density at radius 2 is 1.81 bits per heavy atom. The molecule has 132 valence electrons. The number of nitrogens with one attached hydrogen (secondary N) is 2. The van der Waals surface area contributed by atoms with Crippen LogP contribution in [0.4, 0.5) is 0 Å². The predicted molar refractivity (Wildman–Crippen MR) is 98.6 cm³/mol. The van der Waals surface area contributed by atoms with E-state index in [1.54, 1.807) is 19.1 Å². The zero-order chi connectivity index (χ0) is 18.5. The number of hydrazine groups is 1. The van der Waals surface area contributed by atoms with Gasteiger partial charge in [0.1, 0.15) is 11.4 Å². The van der Waals surface area contributed by atoms with E-state index < -0.39 is 17.9 Å². The molecular formula is C20H19N3O3. The zero-order valence-electron chi connectivity index (χ0n) is 14.5. The van der Waals surface area contributed by atoms with Crippen LogP contribution in [0.15, 0.2) is 60.7 Å². The molecular weight excluding hydrogens is 330 g/mol. The second-order valence-electron chi connectivity index (χ2n) is 5.91. The minimum absolute atomic E-state index is 0.219. The van der Waals surface area contributed by atoms with Crippen LogP contribution in [0.2, 0.25) is 0 Å². The normalized spacial score (nSPS) is 11.6. The Morgan fingerprint density at radius 1 is 1.00 bits per heavy atom. The van der Waals surface area contributed by atoms with E-state index in [1.165, 1.54) is 0 Å². The first-order chi connectivity index (χ1) is 12.5. The van der Waals surface area contributed by atoms with E-state index in [0.717, 1.165) is 10.9 Å². The molecule has 3 aromatic rings. The molecule has 1 heterocycles. The number of para-hydroxylation sites is 1. The summed E-state index contributed by atoms with van der Waals surface area (Å²) in [7, 11) is 0. The molecule has 6 heteroatoms. The molecule has 2 N–H and O–H groups in total. The van der Waals surface area contributed by atoms with Crippen LogP contribution in [0.25, 0.3) is 10.9 Å². The Balaban J connectivity index is 1.58. The number of nitrogens with zero attached hydrogens (tertiary/aromatic N) is 1. The van der Waals surface area contributed by atoms with Gasteiger partial charge in [0.05, 0.1) is 5.52 Å². The average Bonchev–Trinajstić information content (AvgIpc) is 2.65. The maximum absolute atomic E-state index is 12.2. The molecule has 6 nitrogen and oxygen atoms in total. The summed E-state index contributed by atoms with van der Waals surface area (Å²) in [5.41, 5.74) is 6.68. The Hall–Kier alpha value is -3.41. The number of aromatic nitrogens is 1. The largest absolute Gasteiger partial charge is 0.481 e. The van der Waals surface area contributed by atoms with Gasteiger partial charge in [-0.3, -0.25) is 20.4 Å². The van der Waals surface area contributed by atoms with E-state index >= 15 is 0 Å². The lowest BCUT2D eigenvalue weighted by Gasteiger charge is -2.15. The van der Waals surface area contributed by atoms with E-state index in [-0.39, 0.29) is 5.69 Å². The van der Waals surface area contributed by atoms with Crippen molar-refractivity contribution >= 4 is 22.7 Å². The summed E-state index contributed by atoms with van der Waals surface area (Å²) in [5, 5.41) is 0.938. The number of fused-ring (bicyclic) bond motifs is 1. The molecule has 0 aliphatic rings. The molecule has 2 amide bonds. The number of hydrogen-bond acceptors (Lipinski definition) is 4. The highest BCUT2D eigenvalue weighted by Crippen LogP contribution is 2.14. The van der Waals surface area contributed by atoms with Crippen LogP contribution in [-0.4, -0.2) is 22.9 Å². The lowest BCUT2D eigenvalue weighted by atomic mass is 10.2. The third kappa shape index (κ3) is 4.16. The molecule has 1 atom stereocenters. The van der Waals surface area contributed by atoms with Gasteiger partial charge < -0.3 is 4.74 Å². The summed E-state index contributed by atoms with van der Waals surface area (Å²) in [4.78, 5) is 28.6. The van der Waals surface area contributed by atoms with Crippen LogP contribution < -0.4 is 15.6 Å². The monoisotopic (exact) mass is 349 g/mol. The van der Waals surface area contributed by atoms with Crippen LogP contribution in [0, 0.1) is 6.92 Å². The first-order valence-corrected chi connectivity index (χ1v) is 8.22. The number of carbonyl (C=O) groups excluding carboxylic acids is 2. The van der Waals surface area contributed by atoms with Gasteiger partial charge >= 0.3 is 0 Å². The van der Waals surface area contributed by atoms with E-state index in [4.69, 9.17) is 4.74 Å². The van der Waals surface area contributed by atoms with Crippen LogP contribution in [-0.2, 0) is 4.79 Å². The first-order valence-electron chi connectivity index (χ1n) is 8.22. The average molecular weight is 349 g/mol. The van der Waals surface area contributed by atoms with Crippen molar-refractivity contribution in [1.82, 2.24) is 15.8 Å². The summed E-state index contributed by atoms with van der Waals surface area (Å²) < 4.78 is 5.57. The Kier molecular flexibility index (Phi) is 5.12. The molecule has 0 saturated carbocycles. The summed E-state index contributed by atoms with van der Waals surface area (Å²) in [5.74, 6) is -0.359. The van der Waals surface area contributed by atoms with Crippen LogP contribution in [0.5, 0.6) is 5.75 Å². The molecule has 0 aliphatic carbocycles. The van der Waals surface area contributed by atoms with Crippen molar-refractivity contribution in [1.29, 1.82) is 0 Å².